The van der Waals surface area contributed by atoms with Crippen molar-refractivity contribution in [2.75, 3.05) is 5.75 Å². The number of rotatable bonds is 6. The van der Waals surface area contributed by atoms with E-state index in [2.05, 4.69) is 10.2 Å². The van der Waals surface area contributed by atoms with Gasteiger partial charge in [-0.2, -0.15) is 0 Å². The lowest BCUT2D eigenvalue weighted by Crippen LogP contribution is -1.97. The average Bonchev–Trinajstić information content (AvgIpc) is 2.89. The van der Waals surface area contributed by atoms with Crippen molar-refractivity contribution < 1.29 is 13.3 Å². The van der Waals surface area contributed by atoms with Crippen molar-refractivity contribution in [2.45, 2.75) is 16.2 Å². The Labute approximate surface area is 135 Å². The van der Waals surface area contributed by atoms with Gasteiger partial charge >= 0.3 is 0 Å². The second-order valence-corrected chi connectivity index (χ2v) is 8.35. The van der Waals surface area contributed by atoms with E-state index in [0.29, 0.717) is 5.75 Å². The maximum atomic E-state index is 12.0. The SMILES string of the molecule is Cc1nnc(SCC=CS(=O)(=O)c2ccc([N+](=O)[O-])cc2)s1. The van der Waals surface area contributed by atoms with Crippen molar-refractivity contribution in [1.82, 2.24) is 10.2 Å². The molecule has 0 bridgehead atoms. The minimum absolute atomic E-state index is 0.0195. The van der Waals surface area contributed by atoms with Crippen LogP contribution in [0.2, 0.25) is 0 Å². The number of hydrogen-bond donors (Lipinski definition) is 0. The van der Waals surface area contributed by atoms with Crippen LogP contribution in [0.1, 0.15) is 5.01 Å². The molecule has 0 radical (unpaired) electrons. The number of sulfone groups is 1. The number of aromatic nitrogens is 2. The summed E-state index contributed by atoms with van der Waals surface area (Å²) in [6, 6.07) is 4.77. The van der Waals surface area contributed by atoms with Gasteiger partial charge in [-0.05, 0) is 19.1 Å². The molecule has 0 aliphatic carbocycles. The normalized spacial score (nSPS) is 11.9. The van der Waals surface area contributed by atoms with Crippen LogP contribution >= 0.6 is 23.1 Å². The first-order valence-corrected chi connectivity index (χ1v) is 9.32. The highest BCUT2D eigenvalue weighted by Gasteiger charge is 2.12. The molecule has 0 atom stereocenters. The number of non-ortho nitro benzene ring substituents is 1. The summed E-state index contributed by atoms with van der Waals surface area (Å²) in [6.07, 6.45) is 1.51. The van der Waals surface area contributed by atoms with Crippen molar-refractivity contribution in [3.8, 4) is 0 Å². The molecule has 0 aliphatic rings. The van der Waals surface area contributed by atoms with Crippen molar-refractivity contribution in [3.63, 3.8) is 0 Å². The van der Waals surface area contributed by atoms with Gasteiger partial charge in [-0.25, -0.2) is 8.42 Å². The number of benzene rings is 1. The van der Waals surface area contributed by atoms with Gasteiger partial charge in [0.15, 0.2) is 14.2 Å². The van der Waals surface area contributed by atoms with Gasteiger partial charge in [0.25, 0.3) is 5.69 Å². The fourth-order valence-electron chi connectivity index (χ4n) is 1.46. The largest absolute Gasteiger partial charge is 0.269 e. The maximum Gasteiger partial charge on any atom is 0.269 e. The standard InChI is InChI=1S/C12H11N3O4S3/c1-9-13-14-12(21-9)20-7-2-8-22(18,19)11-5-3-10(4-6-11)15(16)17/h2-6,8H,7H2,1H3. The van der Waals surface area contributed by atoms with E-state index in [9.17, 15) is 18.5 Å². The van der Waals surface area contributed by atoms with Crippen LogP contribution in [0.4, 0.5) is 5.69 Å². The lowest BCUT2D eigenvalue weighted by Gasteiger charge is -1.98. The number of nitro benzene ring substituents is 1. The molecule has 0 amide bonds. The zero-order valence-corrected chi connectivity index (χ0v) is 13.8. The van der Waals surface area contributed by atoms with Gasteiger partial charge in [-0.15, -0.1) is 10.2 Å². The molecule has 1 heterocycles. The van der Waals surface area contributed by atoms with Crippen LogP contribution < -0.4 is 0 Å². The van der Waals surface area contributed by atoms with Gasteiger partial charge in [-0.3, -0.25) is 10.1 Å². The third-order valence-electron chi connectivity index (χ3n) is 2.46. The first-order chi connectivity index (χ1) is 10.4. The molecule has 0 N–H and O–H groups in total. The predicted octanol–water partition coefficient (Wildman–Crippen LogP) is 2.83. The topological polar surface area (TPSA) is 103 Å². The van der Waals surface area contributed by atoms with E-state index in [1.807, 2.05) is 6.92 Å². The van der Waals surface area contributed by atoms with Crippen LogP contribution in [0.25, 0.3) is 0 Å². The zero-order valence-electron chi connectivity index (χ0n) is 11.4. The van der Waals surface area contributed by atoms with E-state index in [1.54, 1.807) is 0 Å². The number of nitro groups is 1. The Kier molecular flexibility index (Phi) is 5.27. The number of nitrogens with zero attached hydrogens (tertiary/aromatic N) is 3. The summed E-state index contributed by atoms with van der Waals surface area (Å²) in [4.78, 5) is 9.98. The molecular formula is C12H11N3O4S3. The van der Waals surface area contributed by atoms with Gasteiger partial charge in [0.2, 0.25) is 0 Å². The Morgan fingerprint density at radius 3 is 2.55 bits per heavy atom. The molecular weight excluding hydrogens is 346 g/mol. The molecule has 0 saturated carbocycles. The van der Waals surface area contributed by atoms with E-state index in [4.69, 9.17) is 0 Å². The fourth-order valence-corrected chi connectivity index (χ4v) is 4.25. The lowest BCUT2D eigenvalue weighted by molar-refractivity contribution is -0.384. The minimum atomic E-state index is -3.60. The van der Waals surface area contributed by atoms with Crippen LogP contribution in [0.15, 0.2) is 45.0 Å². The maximum absolute atomic E-state index is 12.0. The summed E-state index contributed by atoms with van der Waals surface area (Å²) in [7, 11) is -3.60. The molecule has 22 heavy (non-hydrogen) atoms. The summed E-state index contributed by atoms with van der Waals surface area (Å²) in [6.45, 7) is 1.84. The van der Waals surface area contributed by atoms with E-state index >= 15 is 0 Å². The highest BCUT2D eigenvalue weighted by atomic mass is 32.2. The Hall–Kier alpha value is -1.78. The summed E-state index contributed by atoms with van der Waals surface area (Å²) < 4.78 is 24.8. The van der Waals surface area contributed by atoms with Crippen LogP contribution in [-0.4, -0.2) is 29.3 Å². The monoisotopic (exact) mass is 357 g/mol. The Balaban J connectivity index is 2.00. The molecule has 2 rings (SSSR count). The molecule has 2 aromatic rings. The molecule has 1 aromatic carbocycles. The fraction of sp³-hybridized carbons (Fsp3) is 0.167. The summed E-state index contributed by atoms with van der Waals surface area (Å²) >= 11 is 2.83. The zero-order chi connectivity index (χ0) is 16.2. The smallest absolute Gasteiger partial charge is 0.258 e. The molecule has 7 nitrogen and oxygen atoms in total. The molecule has 0 aliphatic heterocycles. The van der Waals surface area contributed by atoms with Gasteiger partial charge < -0.3 is 0 Å². The summed E-state index contributed by atoms with van der Waals surface area (Å²) in [5.74, 6) is 0.445. The number of thioether (sulfide) groups is 1. The molecule has 116 valence electrons. The van der Waals surface area contributed by atoms with E-state index in [1.165, 1.54) is 53.4 Å². The molecule has 0 spiro atoms. The lowest BCUT2D eigenvalue weighted by atomic mass is 10.3. The molecule has 0 saturated heterocycles. The van der Waals surface area contributed by atoms with Crippen LogP contribution in [0, 0.1) is 17.0 Å². The Morgan fingerprint density at radius 1 is 1.32 bits per heavy atom. The van der Waals surface area contributed by atoms with Gasteiger partial charge in [-0.1, -0.05) is 29.2 Å². The summed E-state index contributed by atoms with van der Waals surface area (Å²) in [5.41, 5.74) is -0.148. The van der Waals surface area contributed by atoms with Gasteiger partial charge in [0, 0.05) is 23.3 Å². The second kappa shape index (κ2) is 6.99. The highest BCUT2D eigenvalue weighted by Crippen LogP contribution is 2.22. The first kappa shape index (κ1) is 16.6. The van der Waals surface area contributed by atoms with Gasteiger partial charge in [0.05, 0.1) is 9.82 Å². The Morgan fingerprint density at radius 2 is 2.00 bits per heavy atom. The van der Waals surface area contributed by atoms with E-state index in [0.717, 1.165) is 14.8 Å². The van der Waals surface area contributed by atoms with Crippen molar-refractivity contribution >= 4 is 38.6 Å². The molecule has 1 aromatic heterocycles. The first-order valence-electron chi connectivity index (χ1n) is 5.97. The van der Waals surface area contributed by atoms with Crippen molar-refractivity contribution in [1.29, 1.82) is 0 Å². The van der Waals surface area contributed by atoms with E-state index < -0.39 is 14.8 Å². The highest BCUT2D eigenvalue weighted by molar-refractivity contribution is 8.01. The van der Waals surface area contributed by atoms with Crippen molar-refractivity contribution in [3.05, 3.63) is 50.9 Å². The molecule has 0 fully saturated rings. The van der Waals surface area contributed by atoms with Gasteiger partial charge in [0.1, 0.15) is 5.01 Å². The third-order valence-corrected chi connectivity index (χ3v) is 5.87. The molecule has 10 heteroatoms. The summed E-state index contributed by atoms with van der Waals surface area (Å²) in [5, 5.41) is 20.3. The van der Waals surface area contributed by atoms with Crippen LogP contribution in [-0.2, 0) is 9.84 Å². The molecule has 0 unspecified atom stereocenters. The van der Waals surface area contributed by atoms with E-state index in [-0.39, 0.29) is 10.6 Å². The quantitative estimate of drug-likeness (QED) is 0.445. The Bertz CT molecular complexity index is 797. The third kappa shape index (κ3) is 4.36. The predicted molar refractivity (Wildman–Crippen MR) is 84.8 cm³/mol. The average molecular weight is 357 g/mol. The second-order valence-electron chi connectivity index (χ2n) is 4.07. The minimum Gasteiger partial charge on any atom is -0.258 e. The number of hydrogen-bond acceptors (Lipinski definition) is 8. The van der Waals surface area contributed by atoms with Crippen LogP contribution in [0.5, 0.6) is 0 Å². The van der Waals surface area contributed by atoms with Crippen molar-refractivity contribution in [2.24, 2.45) is 0 Å². The van der Waals surface area contributed by atoms with Crippen LogP contribution in [0.3, 0.4) is 0 Å². The number of aryl methyl sites for hydroxylation is 1.